The Morgan fingerprint density at radius 1 is 1.29 bits per heavy atom. The Hall–Kier alpha value is -0.570. The van der Waals surface area contributed by atoms with E-state index in [4.69, 9.17) is 4.74 Å². The molecule has 3 heteroatoms. The van der Waals surface area contributed by atoms with Crippen molar-refractivity contribution in [3.63, 3.8) is 0 Å². The van der Waals surface area contributed by atoms with Gasteiger partial charge in [-0.05, 0) is 38.0 Å². The van der Waals surface area contributed by atoms with Crippen molar-refractivity contribution in [3.8, 4) is 0 Å². The summed E-state index contributed by atoms with van der Waals surface area (Å²) in [5.41, 5.74) is 0. The van der Waals surface area contributed by atoms with Gasteiger partial charge in [0.25, 0.3) is 0 Å². The van der Waals surface area contributed by atoms with Crippen LogP contribution in [0, 0.1) is 5.92 Å². The molecular formula is C14H25NO2. The summed E-state index contributed by atoms with van der Waals surface area (Å²) in [6, 6.07) is 0.427. The van der Waals surface area contributed by atoms with E-state index in [0.29, 0.717) is 18.6 Å². The van der Waals surface area contributed by atoms with Gasteiger partial charge >= 0.3 is 0 Å². The smallest absolute Gasteiger partial charge is 0.220 e. The van der Waals surface area contributed by atoms with Crippen LogP contribution in [-0.4, -0.2) is 24.7 Å². The number of amides is 1. The van der Waals surface area contributed by atoms with Gasteiger partial charge in [0.2, 0.25) is 5.91 Å². The SMILES string of the molecule is CC1CCCC(NC(=O)CCC2CCCO2)C1. The van der Waals surface area contributed by atoms with Crippen molar-refractivity contribution in [1.82, 2.24) is 5.32 Å². The highest BCUT2D eigenvalue weighted by Gasteiger charge is 2.21. The number of nitrogens with one attached hydrogen (secondary N) is 1. The zero-order chi connectivity index (χ0) is 12.1. The lowest BCUT2D eigenvalue weighted by Gasteiger charge is -2.27. The molecule has 3 atom stereocenters. The molecule has 1 saturated carbocycles. The Bertz CT molecular complexity index is 249. The van der Waals surface area contributed by atoms with Crippen LogP contribution in [0.4, 0.5) is 0 Å². The third kappa shape index (κ3) is 4.30. The Balaban J connectivity index is 1.62. The van der Waals surface area contributed by atoms with Crippen molar-refractivity contribution in [3.05, 3.63) is 0 Å². The van der Waals surface area contributed by atoms with Gasteiger partial charge in [0.15, 0.2) is 0 Å². The van der Waals surface area contributed by atoms with Crippen molar-refractivity contribution in [2.75, 3.05) is 6.61 Å². The minimum Gasteiger partial charge on any atom is -0.378 e. The summed E-state index contributed by atoms with van der Waals surface area (Å²) in [6.07, 6.45) is 9.07. The van der Waals surface area contributed by atoms with Crippen molar-refractivity contribution in [2.45, 2.75) is 70.4 Å². The molecule has 2 rings (SSSR count). The van der Waals surface area contributed by atoms with E-state index in [1.54, 1.807) is 0 Å². The molecule has 0 radical (unpaired) electrons. The van der Waals surface area contributed by atoms with E-state index in [9.17, 15) is 4.79 Å². The van der Waals surface area contributed by atoms with Gasteiger partial charge in [-0.2, -0.15) is 0 Å². The van der Waals surface area contributed by atoms with Crippen LogP contribution in [0.5, 0.6) is 0 Å². The van der Waals surface area contributed by atoms with Crippen molar-refractivity contribution in [1.29, 1.82) is 0 Å². The molecule has 1 aliphatic carbocycles. The Morgan fingerprint density at radius 3 is 2.88 bits per heavy atom. The standard InChI is InChI=1S/C14H25NO2/c1-11-4-2-5-12(10-11)15-14(16)8-7-13-6-3-9-17-13/h11-13H,2-10H2,1H3,(H,15,16). The van der Waals surface area contributed by atoms with E-state index in [1.165, 1.54) is 12.8 Å². The zero-order valence-corrected chi connectivity index (χ0v) is 10.9. The Kier molecular flexibility index (Phi) is 4.84. The van der Waals surface area contributed by atoms with E-state index in [0.717, 1.165) is 44.6 Å². The largest absolute Gasteiger partial charge is 0.378 e. The highest BCUT2D eigenvalue weighted by atomic mass is 16.5. The summed E-state index contributed by atoms with van der Waals surface area (Å²) < 4.78 is 5.53. The van der Waals surface area contributed by atoms with E-state index < -0.39 is 0 Å². The predicted molar refractivity (Wildman–Crippen MR) is 67.8 cm³/mol. The van der Waals surface area contributed by atoms with Crippen LogP contribution in [0.15, 0.2) is 0 Å². The van der Waals surface area contributed by atoms with Gasteiger partial charge in [0.05, 0.1) is 6.10 Å². The first-order valence-electron chi connectivity index (χ1n) is 7.15. The zero-order valence-electron chi connectivity index (χ0n) is 10.9. The molecular weight excluding hydrogens is 214 g/mol. The van der Waals surface area contributed by atoms with E-state index in [2.05, 4.69) is 12.2 Å². The van der Waals surface area contributed by atoms with Gasteiger partial charge in [-0.3, -0.25) is 4.79 Å². The molecule has 0 aromatic carbocycles. The molecule has 2 fully saturated rings. The lowest BCUT2D eigenvalue weighted by atomic mass is 9.87. The van der Waals surface area contributed by atoms with E-state index in [1.807, 2.05) is 0 Å². The second kappa shape index (κ2) is 6.39. The van der Waals surface area contributed by atoms with Gasteiger partial charge in [-0.1, -0.05) is 19.8 Å². The monoisotopic (exact) mass is 239 g/mol. The minimum absolute atomic E-state index is 0.222. The molecule has 1 N–H and O–H groups in total. The first-order valence-corrected chi connectivity index (χ1v) is 7.15. The fourth-order valence-corrected chi connectivity index (χ4v) is 3.03. The molecule has 98 valence electrons. The molecule has 2 aliphatic rings. The summed E-state index contributed by atoms with van der Waals surface area (Å²) in [6.45, 7) is 3.16. The molecule has 0 bridgehead atoms. The van der Waals surface area contributed by atoms with Crippen LogP contribution in [0.2, 0.25) is 0 Å². The summed E-state index contributed by atoms with van der Waals surface area (Å²) in [4.78, 5) is 11.8. The normalized spacial score (nSPS) is 33.6. The maximum Gasteiger partial charge on any atom is 0.220 e. The topological polar surface area (TPSA) is 38.3 Å². The van der Waals surface area contributed by atoms with Crippen LogP contribution in [0.25, 0.3) is 0 Å². The quantitative estimate of drug-likeness (QED) is 0.819. The fraction of sp³-hybridized carbons (Fsp3) is 0.929. The molecule has 0 aromatic heterocycles. The highest BCUT2D eigenvalue weighted by Crippen LogP contribution is 2.23. The highest BCUT2D eigenvalue weighted by molar-refractivity contribution is 5.76. The fourth-order valence-electron chi connectivity index (χ4n) is 3.03. The number of hydrogen-bond donors (Lipinski definition) is 1. The van der Waals surface area contributed by atoms with Crippen molar-refractivity contribution < 1.29 is 9.53 Å². The van der Waals surface area contributed by atoms with Crippen LogP contribution in [0.1, 0.15) is 58.3 Å². The summed E-state index contributed by atoms with van der Waals surface area (Å²) in [7, 11) is 0. The van der Waals surface area contributed by atoms with Crippen molar-refractivity contribution >= 4 is 5.91 Å². The number of carbonyl (C=O) groups is 1. The van der Waals surface area contributed by atoms with Crippen LogP contribution in [0.3, 0.4) is 0 Å². The second-order valence-corrected chi connectivity index (χ2v) is 5.71. The maximum atomic E-state index is 11.8. The average Bonchev–Trinajstić information content (AvgIpc) is 2.79. The third-order valence-electron chi connectivity index (χ3n) is 4.02. The lowest BCUT2D eigenvalue weighted by Crippen LogP contribution is -2.38. The number of hydrogen-bond acceptors (Lipinski definition) is 2. The van der Waals surface area contributed by atoms with Gasteiger partial charge in [-0.25, -0.2) is 0 Å². The van der Waals surface area contributed by atoms with E-state index in [-0.39, 0.29) is 5.91 Å². The molecule has 1 amide bonds. The Morgan fingerprint density at radius 2 is 2.18 bits per heavy atom. The van der Waals surface area contributed by atoms with Crippen LogP contribution >= 0.6 is 0 Å². The Labute approximate surface area is 104 Å². The molecule has 1 heterocycles. The molecule has 1 aliphatic heterocycles. The first kappa shape index (κ1) is 12.9. The average molecular weight is 239 g/mol. The number of rotatable bonds is 4. The molecule has 1 saturated heterocycles. The van der Waals surface area contributed by atoms with Crippen molar-refractivity contribution in [2.24, 2.45) is 5.92 Å². The molecule has 3 nitrogen and oxygen atoms in total. The van der Waals surface area contributed by atoms with Gasteiger partial charge in [-0.15, -0.1) is 0 Å². The first-order chi connectivity index (χ1) is 8.24. The summed E-state index contributed by atoms with van der Waals surface area (Å²) >= 11 is 0. The minimum atomic E-state index is 0.222. The maximum absolute atomic E-state index is 11.8. The lowest BCUT2D eigenvalue weighted by molar-refractivity contribution is -0.122. The predicted octanol–water partition coefficient (Wildman–Crippen LogP) is 2.64. The second-order valence-electron chi connectivity index (χ2n) is 5.71. The molecule has 17 heavy (non-hydrogen) atoms. The van der Waals surface area contributed by atoms with Gasteiger partial charge in [0, 0.05) is 19.1 Å². The summed E-state index contributed by atoms with van der Waals surface area (Å²) in [5, 5.41) is 3.18. The molecule has 0 spiro atoms. The number of carbonyl (C=O) groups excluding carboxylic acids is 1. The van der Waals surface area contributed by atoms with Gasteiger partial charge < -0.3 is 10.1 Å². The van der Waals surface area contributed by atoms with Crippen LogP contribution < -0.4 is 5.32 Å². The van der Waals surface area contributed by atoms with Crippen LogP contribution in [-0.2, 0) is 9.53 Å². The third-order valence-corrected chi connectivity index (χ3v) is 4.02. The van der Waals surface area contributed by atoms with E-state index >= 15 is 0 Å². The molecule has 0 aromatic rings. The summed E-state index contributed by atoms with van der Waals surface area (Å²) in [5.74, 6) is 0.992. The van der Waals surface area contributed by atoms with Gasteiger partial charge in [0.1, 0.15) is 0 Å². The molecule has 3 unspecified atom stereocenters. The number of ether oxygens (including phenoxy) is 1.